The maximum Gasteiger partial charge on any atom is 0.108 e. The van der Waals surface area contributed by atoms with Crippen LogP contribution < -0.4 is 0 Å². The summed E-state index contributed by atoms with van der Waals surface area (Å²) < 4.78 is 0. The van der Waals surface area contributed by atoms with E-state index in [4.69, 9.17) is 0 Å². The van der Waals surface area contributed by atoms with Crippen LogP contribution in [0.2, 0.25) is 0 Å². The molecule has 0 unspecified atom stereocenters. The second kappa shape index (κ2) is 9.26. The SMILES string of the molecule is CCCCC(CCCC)[C@H]1S[C@@H](CO)[C@@H](O)[C@H](O)[C@H]1O. The first kappa shape index (κ1) is 18.2. The third-order valence-electron chi connectivity index (χ3n) is 4.25. The van der Waals surface area contributed by atoms with Crippen LogP contribution in [-0.4, -0.2) is 55.8 Å². The van der Waals surface area contributed by atoms with Gasteiger partial charge >= 0.3 is 0 Å². The van der Waals surface area contributed by atoms with Crippen molar-refractivity contribution in [2.24, 2.45) is 5.92 Å². The molecule has 0 spiro atoms. The molecule has 120 valence electrons. The minimum atomic E-state index is -1.15. The molecule has 0 aromatic heterocycles. The molecule has 1 aliphatic rings. The number of aliphatic hydroxyl groups excluding tert-OH is 4. The lowest BCUT2D eigenvalue weighted by Crippen LogP contribution is -2.55. The summed E-state index contributed by atoms with van der Waals surface area (Å²) in [5.74, 6) is 0.339. The Morgan fingerprint density at radius 3 is 1.90 bits per heavy atom. The van der Waals surface area contributed by atoms with E-state index < -0.39 is 23.6 Å². The van der Waals surface area contributed by atoms with Gasteiger partial charge in [-0.3, -0.25) is 0 Å². The van der Waals surface area contributed by atoms with Crippen molar-refractivity contribution in [2.75, 3.05) is 6.61 Å². The monoisotopic (exact) mass is 306 g/mol. The zero-order chi connectivity index (χ0) is 15.1. The molecule has 0 aromatic rings. The molecule has 4 N–H and O–H groups in total. The lowest BCUT2D eigenvalue weighted by atomic mass is 9.87. The van der Waals surface area contributed by atoms with E-state index in [-0.39, 0.29) is 11.9 Å². The zero-order valence-corrected chi connectivity index (χ0v) is 13.4. The van der Waals surface area contributed by atoms with Gasteiger partial charge in [-0.1, -0.05) is 39.5 Å². The highest BCUT2D eigenvalue weighted by molar-refractivity contribution is 8.00. The number of hydrogen-bond donors (Lipinski definition) is 4. The minimum absolute atomic E-state index is 0.0938. The van der Waals surface area contributed by atoms with E-state index in [1.807, 2.05) is 0 Å². The van der Waals surface area contributed by atoms with Crippen LogP contribution in [0.5, 0.6) is 0 Å². The number of aliphatic hydroxyl groups is 4. The van der Waals surface area contributed by atoms with Crippen molar-refractivity contribution in [3.8, 4) is 0 Å². The summed E-state index contributed by atoms with van der Waals surface area (Å²) in [6.07, 6.45) is 3.42. The third kappa shape index (κ3) is 4.60. The van der Waals surface area contributed by atoms with Crippen molar-refractivity contribution in [2.45, 2.75) is 81.2 Å². The zero-order valence-electron chi connectivity index (χ0n) is 12.6. The van der Waals surface area contributed by atoms with Gasteiger partial charge < -0.3 is 20.4 Å². The molecule has 0 amide bonds. The largest absolute Gasteiger partial charge is 0.395 e. The Bertz CT molecular complexity index is 254. The molecule has 0 aliphatic carbocycles. The van der Waals surface area contributed by atoms with Crippen LogP contribution >= 0.6 is 11.8 Å². The van der Waals surface area contributed by atoms with E-state index in [1.54, 1.807) is 0 Å². The molecule has 20 heavy (non-hydrogen) atoms. The Hall–Kier alpha value is 0.190. The predicted octanol–water partition coefficient (Wildman–Crippen LogP) is 1.54. The molecule has 0 bridgehead atoms. The number of rotatable bonds is 8. The normalized spacial score (nSPS) is 34.6. The summed E-state index contributed by atoms with van der Waals surface area (Å²) >= 11 is 1.45. The maximum absolute atomic E-state index is 10.3. The van der Waals surface area contributed by atoms with Crippen LogP contribution in [0, 0.1) is 5.92 Å². The molecule has 5 heteroatoms. The van der Waals surface area contributed by atoms with Crippen molar-refractivity contribution in [1.29, 1.82) is 0 Å². The molecule has 0 saturated carbocycles. The molecule has 1 rings (SSSR count). The average molecular weight is 306 g/mol. The molecule has 0 radical (unpaired) electrons. The van der Waals surface area contributed by atoms with Gasteiger partial charge in [-0.25, -0.2) is 0 Å². The predicted molar refractivity (Wildman–Crippen MR) is 82.8 cm³/mol. The van der Waals surface area contributed by atoms with Gasteiger partial charge in [0.25, 0.3) is 0 Å². The first-order valence-electron chi connectivity index (χ1n) is 7.87. The van der Waals surface area contributed by atoms with E-state index in [2.05, 4.69) is 13.8 Å². The van der Waals surface area contributed by atoms with Gasteiger partial charge in [-0.15, -0.1) is 11.8 Å². The lowest BCUT2D eigenvalue weighted by Gasteiger charge is -2.43. The quantitative estimate of drug-likeness (QED) is 0.547. The average Bonchev–Trinajstić information content (AvgIpc) is 2.46. The van der Waals surface area contributed by atoms with Gasteiger partial charge in [0.15, 0.2) is 0 Å². The van der Waals surface area contributed by atoms with E-state index >= 15 is 0 Å². The Kier molecular flexibility index (Phi) is 8.44. The molecule has 4 nitrogen and oxygen atoms in total. The highest BCUT2D eigenvalue weighted by Crippen LogP contribution is 2.40. The summed E-state index contributed by atoms with van der Waals surface area (Å²) in [6.45, 7) is 4.13. The molecule has 5 atom stereocenters. The molecular weight excluding hydrogens is 276 g/mol. The van der Waals surface area contributed by atoms with Crippen molar-refractivity contribution in [1.82, 2.24) is 0 Å². The topological polar surface area (TPSA) is 80.9 Å². The van der Waals surface area contributed by atoms with Gasteiger partial charge in [-0.05, 0) is 18.8 Å². The van der Waals surface area contributed by atoms with E-state index in [1.165, 1.54) is 11.8 Å². The highest BCUT2D eigenvalue weighted by atomic mass is 32.2. The molecule has 1 saturated heterocycles. The lowest BCUT2D eigenvalue weighted by molar-refractivity contribution is -0.0753. The minimum Gasteiger partial charge on any atom is -0.395 e. The van der Waals surface area contributed by atoms with E-state index in [0.29, 0.717) is 5.92 Å². The Labute approximate surface area is 126 Å². The van der Waals surface area contributed by atoms with Crippen molar-refractivity contribution in [3.63, 3.8) is 0 Å². The van der Waals surface area contributed by atoms with Crippen LogP contribution in [0.25, 0.3) is 0 Å². The second-order valence-corrected chi connectivity index (χ2v) is 7.26. The Morgan fingerprint density at radius 1 is 0.900 bits per heavy atom. The maximum atomic E-state index is 10.3. The summed E-state index contributed by atoms with van der Waals surface area (Å²) in [5, 5.41) is 39.0. The summed E-state index contributed by atoms with van der Waals surface area (Å²) in [4.78, 5) is 0. The van der Waals surface area contributed by atoms with Crippen LogP contribution in [0.15, 0.2) is 0 Å². The molecule has 1 heterocycles. The van der Waals surface area contributed by atoms with Crippen molar-refractivity contribution < 1.29 is 20.4 Å². The fourth-order valence-electron chi connectivity index (χ4n) is 2.93. The Balaban J connectivity index is 2.75. The summed E-state index contributed by atoms with van der Waals surface area (Å²) in [7, 11) is 0. The van der Waals surface area contributed by atoms with Crippen LogP contribution in [0.3, 0.4) is 0 Å². The van der Waals surface area contributed by atoms with Crippen LogP contribution in [-0.2, 0) is 0 Å². The van der Waals surface area contributed by atoms with Gasteiger partial charge in [0.05, 0.1) is 24.1 Å². The smallest absolute Gasteiger partial charge is 0.108 e. The molecule has 1 fully saturated rings. The first-order chi connectivity index (χ1) is 9.56. The summed E-state index contributed by atoms with van der Waals surface area (Å²) in [6, 6.07) is 0. The second-order valence-electron chi connectivity index (χ2n) is 5.84. The van der Waals surface area contributed by atoms with Crippen LogP contribution in [0.1, 0.15) is 52.4 Å². The van der Waals surface area contributed by atoms with E-state index in [9.17, 15) is 20.4 Å². The number of unbranched alkanes of at least 4 members (excludes halogenated alkanes) is 2. The molecule has 1 aliphatic heterocycles. The Morgan fingerprint density at radius 2 is 1.45 bits per heavy atom. The highest BCUT2D eigenvalue weighted by Gasteiger charge is 2.45. The van der Waals surface area contributed by atoms with Gasteiger partial charge in [0.2, 0.25) is 0 Å². The number of thioether (sulfide) groups is 1. The molecular formula is C15H30O4S. The van der Waals surface area contributed by atoms with Gasteiger partial charge in [-0.2, -0.15) is 0 Å². The third-order valence-corrected chi connectivity index (χ3v) is 6.01. The van der Waals surface area contributed by atoms with E-state index in [0.717, 1.165) is 38.5 Å². The fraction of sp³-hybridized carbons (Fsp3) is 1.00. The fourth-order valence-corrected chi connectivity index (χ4v) is 4.55. The van der Waals surface area contributed by atoms with Gasteiger partial charge in [0.1, 0.15) is 6.10 Å². The van der Waals surface area contributed by atoms with Gasteiger partial charge in [0, 0.05) is 5.25 Å². The number of hydrogen-bond acceptors (Lipinski definition) is 5. The van der Waals surface area contributed by atoms with Crippen molar-refractivity contribution in [3.05, 3.63) is 0 Å². The standard InChI is InChI=1S/C15H30O4S/c1-3-5-7-10(8-6-4-2)15-14(19)13(18)12(17)11(9-16)20-15/h10-19H,3-9H2,1-2H3/t11-,12+,13-,14+,15+/m0/s1. The first-order valence-corrected chi connectivity index (χ1v) is 8.81. The molecule has 0 aromatic carbocycles. The van der Waals surface area contributed by atoms with Crippen molar-refractivity contribution >= 4 is 11.8 Å². The summed E-state index contributed by atoms with van der Waals surface area (Å²) in [5.41, 5.74) is 0. The van der Waals surface area contributed by atoms with Crippen LogP contribution in [0.4, 0.5) is 0 Å².